The number of aryl methyl sites for hydroxylation is 3. The molecule has 1 amide bonds. The van der Waals surface area contributed by atoms with Crippen LogP contribution in [0.5, 0.6) is 0 Å². The molecule has 0 spiro atoms. The molecular formula is C18H25N3O. The van der Waals surface area contributed by atoms with Crippen LogP contribution in [0.15, 0.2) is 12.1 Å². The minimum absolute atomic E-state index is 0.0545. The molecule has 0 aromatic heterocycles. The Morgan fingerprint density at radius 3 is 2.32 bits per heavy atom. The van der Waals surface area contributed by atoms with E-state index in [1.165, 1.54) is 5.56 Å². The van der Waals surface area contributed by atoms with Crippen molar-refractivity contribution in [2.75, 3.05) is 20.1 Å². The Labute approximate surface area is 133 Å². The number of benzene rings is 1. The second kappa shape index (κ2) is 6.50. The molecule has 22 heavy (non-hydrogen) atoms. The lowest BCUT2D eigenvalue weighted by Crippen LogP contribution is -2.54. The molecule has 1 saturated heterocycles. The van der Waals surface area contributed by atoms with Crippen molar-refractivity contribution in [2.45, 2.75) is 45.6 Å². The number of likely N-dealkylation sites (tertiary alicyclic amines) is 1. The van der Waals surface area contributed by atoms with Gasteiger partial charge in [-0.25, -0.2) is 0 Å². The Balaban J connectivity index is 2.09. The molecule has 4 heteroatoms. The second-order valence-corrected chi connectivity index (χ2v) is 6.60. The maximum Gasteiger partial charge on any atom is 0.225 e. The van der Waals surface area contributed by atoms with E-state index >= 15 is 0 Å². The number of amides is 1. The van der Waals surface area contributed by atoms with Gasteiger partial charge in [-0.15, -0.1) is 0 Å². The molecule has 1 aromatic rings. The van der Waals surface area contributed by atoms with Crippen LogP contribution in [-0.2, 0) is 11.2 Å². The number of carbonyl (C=O) groups excluding carboxylic acids is 1. The zero-order valence-electron chi connectivity index (χ0n) is 14.0. The molecule has 4 nitrogen and oxygen atoms in total. The number of hydrogen-bond acceptors (Lipinski definition) is 3. The van der Waals surface area contributed by atoms with Gasteiger partial charge in [-0.1, -0.05) is 17.7 Å². The summed E-state index contributed by atoms with van der Waals surface area (Å²) in [6, 6.07) is 6.54. The third kappa shape index (κ3) is 3.66. The highest BCUT2D eigenvalue weighted by atomic mass is 16.1. The van der Waals surface area contributed by atoms with Crippen molar-refractivity contribution in [3.8, 4) is 6.07 Å². The Morgan fingerprint density at radius 2 is 1.82 bits per heavy atom. The Kier molecular flexibility index (Phi) is 4.87. The molecule has 1 N–H and O–H groups in total. The lowest BCUT2D eigenvalue weighted by atomic mass is 9.88. The molecule has 1 heterocycles. The van der Waals surface area contributed by atoms with Crippen LogP contribution in [0.3, 0.4) is 0 Å². The first-order chi connectivity index (χ1) is 10.3. The van der Waals surface area contributed by atoms with Gasteiger partial charge in [-0.05, 0) is 57.4 Å². The zero-order valence-corrected chi connectivity index (χ0v) is 14.0. The molecule has 0 bridgehead atoms. The van der Waals surface area contributed by atoms with E-state index in [2.05, 4.69) is 35.3 Å². The van der Waals surface area contributed by atoms with E-state index < -0.39 is 5.54 Å². The van der Waals surface area contributed by atoms with Gasteiger partial charge in [0.15, 0.2) is 0 Å². The lowest BCUT2D eigenvalue weighted by molar-refractivity contribution is -0.122. The van der Waals surface area contributed by atoms with Crippen LogP contribution < -0.4 is 5.32 Å². The summed E-state index contributed by atoms with van der Waals surface area (Å²) in [5, 5.41) is 12.5. The molecule has 1 aromatic carbocycles. The van der Waals surface area contributed by atoms with E-state index in [0.29, 0.717) is 19.3 Å². The topological polar surface area (TPSA) is 56.1 Å². The average molecular weight is 299 g/mol. The third-order valence-corrected chi connectivity index (χ3v) is 4.61. The van der Waals surface area contributed by atoms with E-state index in [9.17, 15) is 10.1 Å². The number of rotatable bonds is 3. The van der Waals surface area contributed by atoms with E-state index in [0.717, 1.165) is 29.8 Å². The fraction of sp³-hybridized carbons (Fsp3) is 0.556. The van der Waals surface area contributed by atoms with Gasteiger partial charge in [0.25, 0.3) is 0 Å². The largest absolute Gasteiger partial charge is 0.337 e. The number of carbonyl (C=O) groups is 1. The van der Waals surface area contributed by atoms with Crippen LogP contribution in [0, 0.1) is 32.1 Å². The highest BCUT2D eigenvalue weighted by Crippen LogP contribution is 2.22. The van der Waals surface area contributed by atoms with Crippen molar-refractivity contribution in [2.24, 2.45) is 0 Å². The van der Waals surface area contributed by atoms with Crippen molar-refractivity contribution >= 4 is 5.91 Å². The quantitative estimate of drug-likeness (QED) is 0.931. The molecule has 1 fully saturated rings. The second-order valence-electron chi connectivity index (χ2n) is 6.60. The average Bonchev–Trinajstić information content (AvgIpc) is 2.45. The van der Waals surface area contributed by atoms with Gasteiger partial charge in [0.1, 0.15) is 5.54 Å². The Morgan fingerprint density at radius 1 is 1.27 bits per heavy atom. The van der Waals surface area contributed by atoms with Crippen molar-refractivity contribution in [3.63, 3.8) is 0 Å². The van der Waals surface area contributed by atoms with E-state index in [4.69, 9.17) is 0 Å². The van der Waals surface area contributed by atoms with Crippen molar-refractivity contribution in [3.05, 3.63) is 34.4 Å². The minimum Gasteiger partial charge on any atom is -0.337 e. The zero-order chi connectivity index (χ0) is 16.3. The number of nitrogens with one attached hydrogen (secondary N) is 1. The Bertz CT molecular complexity index is 584. The molecule has 0 radical (unpaired) electrons. The number of piperidine rings is 1. The van der Waals surface area contributed by atoms with Crippen LogP contribution in [0.2, 0.25) is 0 Å². The summed E-state index contributed by atoms with van der Waals surface area (Å²) < 4.78 is 0. The maximum absolute atomic E-state index is 12.4. The van der Waals surface area contributed by atoms with Gasteiger partial charge in [0.2, 0.25) is 5.91 Å². The molecule has 0 atom stereocenters. The van der Waals surface area contributed by atoms with Crippen molar-refractivity contribution in [1.82, 2.24) is 10.2 Å². The first-order valence-corrected chi connectivity index (χ1v) is 7.83. The van der Waals surface area contributed by atoms with Gasteiger partial charge in [0.05, 0.1) is 12.5 Å². The van der Waals surface area contributed by atoms with E-state index in [1.54, 1.807) is 0 Å². The molecule has 118 valence electrons. The lowest BCUT2D eigenvalue weighted by Gasteiger charge is -2.36. The van der Waals surface area contributed by atoms with Crippen molar-refractivity contribution < 1.29 is 4.79 Å². The summed E-state index contributed by atoms with van der Waals surface area (Å²) in [5.41, 5.74) is 3.87. The molecular weight excluding hydrogens is 274 g/mol. The monoisotopic (exact) mass is 299 g/mol. The van der Waals surface area contributed by atoms with Crippen LogP contribution in [0.4, 0.5) is 0 Å². The fourth-order valence-electron chi connectivity index (χ4n) is 3.23. The van der Waals surface area contributed by atoms with Crippen LogP contribution >= 0.6 is 0 Å². The number of hydrogen-bond donors (Lipinski definition) is 1. The van der Waals surface area contributed by atoms with Gasteiger partial charge >= 0.3 is 0 Å². The summed E-state index contributed by atoms with van der Waals surface area (Å²) in [5.74, 6) is -0.0545. The molecule has 0 aliphatic carbocycles. The van der Waals surface area contributed by atoms with Gasteiger partial charge in [0, 0.05) is 13.1 Å². The van der Waals surface area contributed by atoms with Crippen LogP contribution in [0.1, 0.15) is 35.1 Å². The highest BCUT2D eigenvalue weighted by Gasteiger charge is 2.35. The molecule has 2 rings (SSSR count). The van der Waals surface area contributed by atoms with Gasteiger partial charge < -0.3 is 10.2 Å². The predicted molar refractivity (Wildman–Crippen MR) is 87.6 cm³/mol. The van der Waals surface area contributed by atoms with Gasteiger partial charge in [-0.2, -0.15) is 5.26 Å². The van der Waals surface area contributed by atoms with E-state index in [-0.39, 0.29) is 5.91 Å². The number of nitriles is 1. The normalized spacial score (nSPS) is 17.8. The molecule has 0 saturated carbocycles. The minimum atomic E-state index is -0.698. The summed E-state index contributed by atoms with van der Waals surface area (Å²) in [4.78, 5) is 14.6. The molecule has 0 unspecified atom stereocenters. The van der Waals surface area contributed by atoms with Crippen LogP contribution in [-0.4, -0.2) is 36.5 Å². The smallest absolute Gasteiger partial charge is 0.225 e. The van der Waals surface area contributed by atoms with Crippen molar-refractivity contribution in [1.29, 1.82) is 5.26 Å². The first-order valence-electron chi connectivity index (χ1n) is 7.83. The predicted octanol–water partition coefficient (Wildman–Crippen LogP) is 2.26. The summed E-state index contributed by atoms with van der Waals surface area (Å²) in [7, 11) is 2.04. The Hall–Kier alpha value is -1.86. The highest BCUT2D eigenvalue weighted by molar-refractivity contribution is 5.80. The fourth-order valence-corrected chi connectivity index (χ4v) is 3.23. The number of nitrogens with zero attached hydrogens (tertiary/aromatic N) is 2. The van der Waals surface area contributed by atoms with Crippen LogP contribution in [0.25, 0.3) is 0 Å². The summed E-state index contributed by atoms with van der Waals surface area (Å²) >= 11 is 0. The first kappa shape index (κ1) is 16.5. The third-order valence-electron chi connectivity index (χ3n) is 4.61. The summed E-state index contributed by atoms with van der Waals surface area (Å²) in [6.45, 7) is 7.83. The molecule has 1 aliphatic rings. The SMILES string of the molecule is Cc1cc(C)c(CC(=O)NC2(C#N)CCN(C)CC2)c(C)c1. The molecule has 1 aliphatic heterocycles. The standard InChI is InChI=1S/C18H25N3O/c1-13-9-14(2)16(15(3)10-13)11-17(22)20-18(12-19)5-7-21(4)8-6-18/h9-10H,5-8,11H2,1-4H3,(H,20,22). The maximum atomic E-state index is 12.4. The summed E-state index contributed by atoms with van der Waals surface area (Å²) in [6.07, 6.45) is 1.73. The van der Waals surface area contributed by atoms with Gasteiger partial charge in [-0.3, -0.25) is 4.79 Å². The van der Waals surface area contributed by atoms with E-state index in [1.807, 2.05) is 20.9 Å².